The van der Waals surface area contributed by atoms with Crippen LogP contribution in [0.4, 0.5) is 0 Å². The molecule has 0 aliphatic carbocycles. The quantitative estimate of drug-likeness (QED) is 0.380. The van der Waals surface area contributed by atoms with Gasteiger partial charge >= 0.3 is 5.97 Å². The minimum atomic E-state index is -0.941. The molecule has 30 heavy (non-hydrogen) atoms. The second kappa shape index (κ2) is 12.4. The number of aliphatic hydroxyl groups is 1. The molecule has 0 spiro atoms. The number of carbonyl (C=O) groups excluding carboxylic acids is 1. The first-order valence-corrected chi connectivity index (χ1v) is 10.3. The van der Waals surface area contributed by atoms with Gasteiger partial charge in [-0.15, -0.1) is 0 Å². The molecule has 1 aromatic carbocycles. The van der Waals surface area contributed by atoms with Crippen LogP contribution in [-0.4, -0.2) is 55.0 Å². The van der Waals surface area contributed by atoms with E-state index in [1.165, 1.54) is 7.11 Å². The maximum absolute atomic E-state index is 11.5. The molecule has 0 saturated carbocycles. The maximum Gasteiger partial charge on any atom is 0.306 e. The van der Waals surface area contributed by atoms with Crippen molar-refractivity contribution in [1.29, 1.82) is 0 Å². The Morgan fingerprint density at radius 1 is 1.17 bits per heavy atom. The van der Waals surface area contributed by atoms with E-state index in [0.717, 1.165) is 5.56 Å². The number of hydrogen-bond donors (Lipinski definition) is 4. The first-order valence-electron chi connectivity index (χ1n) is 10.3. The average Bonchev–Trinajstić information content (AvgIpc) is 2.70. The number of carboxylic acid groups (broad SMARTS) is 1. The van der Waals surface area contributed by atoms with E-state index in [2.05, 4.69) is 19.2 Å². The highest BCUT2D eigenvalue weighted by Crippen LogP contribution is 2.31. The van der Waals surface area contributed by atoms with E-state index >= 15 is 0 Å². The number of carbonyl (C=O) groups is 2. The van der Waals surface area contributed by atoms with E-state index < -0.39 is 24.0 Å². The number of nitrogens with two attached hydrogens (primary N) is 1. The Kier molecular flexibility index (Phi) is 10.6. The molecule has 4 unspecified atom stereocenters. The summed E-state index contributed by atoms with van der Waals surface area (Å²) in [6.45, 7) is 5.64. The number of rotatable bonds is 13. The van der Waals surface area contributed by atoms with Gasteiger partial charge in [0, 0.05) is 13.1 Å². The minimum absolute atomic E-state index is 0.108. The van der Waals surface area contributed by atoms with Gasteiger partial charge in [0.2, 0.25) is 0 Å². The van der Waals surface area contributed by atoms with E-state index in [9.17, 15) is 14.7 Å². The first-order chi connectivity index (χ1) is 14.1. The third-order valence-corrected chi connectivity index (χ3v) is 5.39. The van der Waals surface area contributed by atoms with Gasteiger partial charge in [-0.05, 0) is 48.8 Å². The Bertz CT molecular complexity index is 694. The average molecular weight is 425 g/mol. The summed E-state index contributed by atoms with van der Waals surface area (Å²) in [5.74, 6) is -0.320. The number of hydrogen-bond acceptors (Lipinski definition) is 6. The van der Waals surface area contributed by atoms with E-state index in [-0.39, 0.29) is 24.9 Å². The first kappa shape index (κ1) is 25.7. The van der Waals surface area contributed by atoms with Gasteiger partial charge in [0.05, 0.1) is 19.1 Å². The lowest BCUT2D eigenvalue weighted by Gasteiger charge is -2.28. The van der Waals surface area contributed by atoms with Crippen LogP contribution in [0.3, 0.4) is 0 Å². The van der Waals surface area contributed by atoms with Gasteiger partial charge in [-0.2, -0.15) is 0 Å². The molecule has 8 heteroatoms. The number of nitrogens with one attached hydrogen (secondary N) is 1. The number of aliphatic carboxylic acids is 1. The van der Waals surface area contributed by atoms with Crippen LogP contribution in [0.5, 0.6) is 11.5 Å². The number of likely N-dealkylation sites (N-methyl/N-ethyl adjacent to an activating group) is 1. The summed E-state index contributed by atoms with van der Waals surface area (Å²) in [5.41, 5.74) is 7.20. The summed E-state index contributed by atoms with van der Waals surface area (Å²) in [4.78, 5) is 22.5. The van der Waals surface area contributed by atoms with Crippen LogP contribution in [0.1, 0.15) is 39.2 Å². The number of carboxylic acids is 1. The molecule has 1 aromatic rings. The zero-order valence-corrected chi connectivity index (χ0v) is 18.6. The molecule has 0 bridgehead atoms. The van der Waals surface area contributed by atoms with Crippen LogP contribution in [-0.2, 0) is 16.0 Å². The zero-order valence-electron chi connectivity index (χ0n) is 18.6. The topological polar surface area (TPSA) is 131 Å². The summed E-state index contributed by atoms with van der Waals surface area (Å²) in [6, 6.07) is 5.08. The van der Waals surface area contributed by atoms with Gasteiger partial charge in [0.15, 0.2) is 18.1 Å². The van der Waals surface area contributed by atoms with E-state index in [4.69, 9.17) is 20.3 Å². The fourth-order valence-electron chi connectivity index (χ4n) is 3.21. The Morgan fingerprint density at radius 2 is 1.83 bits per heavy atom. The van der Waals surface area contributed by atoms with E-state index in [0.29, 0.717) is 30.3 Å². The second-order valence-corrected chi connectivity index (χ2v) is 8.10. The van der Waals surface area contributed by atoms with Crippen molar-refractivity contribution in [2.45, 2.75) is 52.2 Å². The molecule has 0 heterocycles. The molecule has 0 fully saturated rings. The lowest BCUT2D eigenvalue weighted by molar-refractivity contribution is -0.142. The fraction of sp³-hybridized carbons (Fsp3) is 0.636. The van der Waals surface area contributed by atoms with E-state index in [1.54, 1.807) is 20.0 Å². The Hall–Kier alpha value is -2.32. The predicted octanol–water partition coefficient (Wildman–Crippen LogP) is 1.82. The summed E-state index contributed by atoms with van der Waals surface area (Å²) in [5, 5.41) is 21.9. The van der Waals surface area contributed by atoms with Crippen molar-refractivity contribution in [2.75, 3.05) is 20.8 Å². The molecule has 170 valence electrons. The molecular weight excluding hydrogens is 388 g/mol. The highest BCUT2D eigenvalue weighted by Gasteiger charge is 2.26. The molecule has 0 saturated heterocycles. The van der Waals surface area contributed by atoms with Gasteiger partial charge in [-0.3, -0.25) is 9.59 Å². The van der Waals surface area contributed by atoms with Crippen LogP contribution in [0, 0.1) is 17.8 Å². The van der Waals surface area contributed by atoms with Gasteiger partial charge < -0.3 is 30.7 Å². The van der Waals surface area contributed by atoms with Crippen molar-refractivity contribution in [2.24, 2.45) is 23.5 Å². The van der Waals surface area contributed by atoms with Crippen molar-refractivity contribution in [1.82, 2.24) is 5.32 Å². The highest BCUT2D eigenvalue weighted by molar-refractivity contribution is 5.77. The number of benzene rings is 1. The van der Waals surface area contributed by atoms with Gasteiger partial charge in [-0.1, -0.05) is 26.8 Å². The predicted molar refractivity (Wildman–Crippen MR) is 115 cm³/mol. The summed E-state index contributed by atoms with van der Waals surface area (Å²) in [7, 11) is 3.08. The van der Waals surface area contributed by atoms with Crippen LogP contribution in [0.15, 0.2) is 18.2 Å². The highest BCUT2D eigenvalue weighted by atomic mass is 16.5. The molecule has 4 atom stereocenters. The smallest absolute Gasteiger partial charge is 0.306 e. The Balaban J connectivity index is 2.86. The van der Waals surface area contributed by atoms with Crippen molar-refractivity contribution in [3.8, 4) is 11.5 Å². The molecule has 0 radical (unpaired) electrons. The zero-order chi connectivity index (χ0) is 22.8. The SMILES string of the molecule is CNC(=O)COc1cc(CC(CC(N)C(O)CC(C)C(=O)O)C(C)C)ccc1OC. The second-order valence-electron chi connectivity index (χ2n) is 8.10. The molecular formula is C22H36N2O6. The van der Waals surface area contributed by atoms with Crippen molar-refractivity contribution in [3.05, 3.63) is 23.8 Å². The van der Waals surface area contributed by atoms with Crippen LogP contribution in [0.25, 0.3) is 0 Å². The van der Waals surface area contributed by atoms with Crippen molar-refractivity contribution >= 4 is 11.9 Å². The monoisotopic (exact) mass is 424 g/mol. The van der Waals surface area contributed by atoms with Crippen LogP contribution < -0.4 is 20.5 Å². The minimum Gasteiger partial charge on any atom is -0.493 e. The fourth-order valence-corrected chi connectivity index (χ4v) is 3.21. The number of methoxy groups -OCH3 is 1. The van der Waals surface area contributed by atoms with Gasteiger partial charge in [0.1, 0.15) is 0 Å². The Labute approximate surface area is 178 Å². The summed E-state index contributed by atoms with van der Waals surface area (Å²) in [6.07, 6.45) is 0.513. The third kappa shape index (κ3) is 8.20. The van der Waals surface area contributed by atoms with Crippen LogP contribution >= 0.6 is 0 Å². The molecule has 1 amide bonds. The standard InChI is InChI=1S/C22H36N2O6/c1-13(2)16(11-17(23)18(25)8-14(3)22(27)28)9-15-6-7-19(29-5)20(10-15)30-12-21(26)24-4/h6-7,10,13-14,16-18,25H,8-9,11-12,23H2,1-5H3,(H,24,26)(H,27,28). The van der Waals surface area contributed by atoms with Crippen molar-refractivity contribution < 1.29 is 29.3 Å². The molecule has 0 aliphatic rings. The molecule has 1 rings (SSSR count). The van der Waals surface area contributed by atoms with Crippen molar-refractivity contribution in [3.63, 3.8) is 0 Å². The largest absolute Gasteiger partial charge is 0.493 e. The molecule has 0 aromatic heterocycles. The molecule has 8 nitrogen and oxygen atoms in total. The number of amides is 1. The summed E-state index contributed by atoms with van der Waals surface area (Å²) < 4.78 is 10.9. The number of aliphatic hydroxyl groups excluding tert-OH is 1. The number of ether oxygens (including phenoxy) is 2. The maximum atomic E-state index is 11.5. The van der Waals surface area contributed by atoms with Gasteiger partial charge in [0.25, 0.3) is 5.91 Å². The lowest BCUT2D eigenvalue weighted by Crippen LogP contribution is -2.39. The van der Waals surface area contributed by atoms with Gasteiger partial charge in [-0.25, -0.2) is 0 Å². The molecule has 5 N–H and O–H groups in total. The third-order valence-electron chi connectivity index (χ3n) is 5.39. The van der Waals surface area contributed by atoms with Crippen LogP contribution in [0.2, 0.25) is 0 Å². The Morgan fingerprint density at radius 3 is 2.37 bits per heavy atom. The molecule has 0 aliphatic heterocycles. The summed E-state index contributed by atoms with van der Waals surface area (Å²) >= 11 is 0. The van der Waals surface area contributed by atoms with E-state index in [1.807, 2.05) is 12.1 Å². The lowest BCUT2D eigenvalue weighted by atomic mass is 9.82. The normalized spacial score (nSPS) is 15.2.